The van der Waals surface area contributed by atoms with E-state index >= 15 is 0 Å². The third-order valence-electron chi connectivity index (χ3n) is 7.08. The first-order valence-corrected chi connectivity index (χ1v) is 12.0. The number of nitrogens with two attached hydrogens (primary N) is 1. The lowest BCUT2D eigenvalue weighted by molar-refractivity contribution is 0.0818. The molecule has 0 aliphatic carbocycles. The molecule has 2 aliphatic heterocycles. The molecule has 5 heteroatoms. The van der Waals surface area contributed by atoms with Gasteiger partial charge in [-0.05, 0) is 89.1 Å². The molecule has 158 valence electrons. The van der Waals surface area contributed by atoms with Crippen LogP contribution in [0.25, 0.3) is 0 Å². The minimum Gasteiger partial charge on any atom is -0.375 e. The largest absolute Gasteiger partial charge is 0.375 e. The molecule has 2 unspecified atom stereocenters. The van der Waals surface area contributed by atoms with Crippen molar-refractivity contribution in [1.29, 1.82) is 0 Å². The molecule has 2 N–H and O–H groups in total. The Morgan fingerprint density at radius 2 is 1.76 bits per heavy atom. The summed E-state index contributed by atoms with van der Waals surface area (Å²) in [6, 6.07) is 9.74. The van der Waals surface area contributed by atoms with Gasteiger partial charge in [-0.25, -0.2) is 4.98 Å². The van der Waals surface area contributed by atoms with Crippen LogP contribution in [0.15, 0.2) is 29.6 Å². The quantitative estimate of drug-likeness (QED) is 0.701. The summed E-state index contributed by atoms with van der Waals surface area (Å²) in [4.78, 5) is 9.69. The van der Waals surface area contributed by atoms with Crippen LogP contribution in [0.3, 0.4) is 0 Å². The van der Waals surface area contributed by atoms with Crippen molar-refractivity contribution in [2.24, 2.45) is 5.92 Å². The molecular formula is C24H36N4S. The van der Waals surface area contributed by atoms with Crippen molar-refractivity contribution in [3.8, 4) is 0 Å². The monoisotopic (exact) mass is 412 g/mol. The number of anilines is 2. The summed E-state index contributed by atoms with van der Waals surface area (Å²) in [5, 5.41) is 2.80. The number of hydrogen-bond donors (Lipinski definition) is 1. The number of piperidine rings is 1. The SMILES string of the molecule is CC(c1ccc(N2CCCC2c2csc(N)n2)cc1)C1CCN(C(C)(C)C)CC1. The summed E-state index contributed by atoms with van der Waals surface area (Å²) >= 11 is 1.55. The van der Waals surface area contributed by atoms with E-state index in [-0.39, 0.29) is 0 Å². The third-order valence-corrected chi connectivity index (χ3v) is 7.77. The maximum absolute atomic E-state index is 5.87. The van der Waals surface area contributed by atoms with Crippen LogP contribution in [-0.4, -0.2) is 35.1 Å². The predicted molar refractivity (Wildman–Crippen MR) is 125 cm³/mol. The first-order valence-electron chi connectivity index (χ1n) is 11.2. The smallest absolute Gasteiger partial charge is 0.180 e. The highest BCUT2D eigenvalue weighted by Gasteiger charge is 2.31. The summed E-state index contributed by atoms with van der Waals surface area (Å²) in [6.45, 7) is 13.0. The van der Waals surface area contributed by atoms with Crippen LogP contribution in [0.1, 0.15) is 76.6 Å². The van der Waals surface area contributed by atoms with E-state index < -0.39 is 0 Å². The van der Waals surface area contributed by atoms with Crippen molar-refractivity contribution >= 4 is 22.2 Å². The van der Waals surface area contributed by atoms with E-state index in [1.165, 1.54) is 43.6 Å². The molecule has 3 heterocycles. The number of nitrogen functional groups attached to an aromatic ring is 1. The Bertz CT molecular complexity index is 799. The van der Waals surface area contributed by atoms with Gasteiger partial charge in [0, 0.05) is 23.2 Å². The minimum absolute atomic E-state index is 0.296. The molecule has 2 aliphatic rings. The minimum atomic E-state index is 0.296. The zero-order valence-electron chi connectivity index (χ0n) is 18.4. The number of rotatable bonds is 4. The first-order chi connectivity index (χ1) is 13.8. The molecule has 2 fully saturated rings. The standard InChI is InChI=1S/C24H36N4S/c1-17(19-11-14-27(15-12-19)24(2,3)4)18-7-9-20(10-8-18)28-13-5-6-22(28)21-16-29-23(25)26-21/h7-10,16-17,19,22H,5-6,11-15H2,1-4H3,(H2,25,26). The second-order valence-electron chi connectivity index (χ2n) is 9.84. The van der Waals surface area contributed by atoms with Crippen LogP contribution < -0.4 is 10.6 Å². The van der Waals surface area contributed by atoms with Crippen molar-refractivity contribution in [3.05, 3.63) is 40.9 Å². The number of benzene rings is 1. The normalized spacial score (nSPS) is 22.9. The van der Waals surface area contributed by atoms with Crippen LogP contribution >= 0.6 is 11.3 Å². The van der Waals surface area contributed by atoms with Crippen LogP contribution in [-0.2, 0) is 0 Å². The lowest BCUT2D eigenvalue weighted by atomic mass is 9.80. The summed E-state index contributed by atoms with van der Waals surface area (Å²) in [5.41, 5.74) is 10.1. The van der Waals surface area contributed by atoms with Gasteiger partial charge in [0.2, 0.25) is 0 Å². The average Bonchev–Trinajstić information content (AvgIpc) is 3.36. The second kappa shape index (κ2) is 8.27. The molecule has 1 aromatic heterocycles. The van der Waals surface area contributed by atoms with Gasteiger partial charge in [-0.1, -0.05) is 19.1 Å². The summed E-state index contributed by atoms with van der Waals surface area (Å²) < 4.78 is 0. The highest BCUT2D eigenvalue weighted by molar-refractivity contribution is 7.13. The predicted octanol–water partition coefficient (Wildman–Crippen LogP) is 5.68. The van der Waals surface area contributed by atoms with Gasteiger partial charge < -0.3 is 10.6 Å². The number of nitrogens with zero attached hydrogens (tertiary/aromatic N) is 3. The van der Waals surface area contributed by atoms with E-state index in [4.69, 9.17) is 5.73 Å². The van der Waals surface area contributed by atoms with Crippen molar-refractivity contribution in [2.75, 3.05) is 30.3 Å². The Hall–Kier alpha value is -1.59. The Kier molecular flexibility index (Phi) is 5.90. The van der Waals surface area contributed by atoms with Crippen molar-refractivity contribution in [2.45, 2.75) is 70.9 Å². The van der Waals surface area contributed by atoms with Crippen LogP contribution in [0.2, 0.25) is 0 Å². The molecular weight excluding hydrogens is 376 g/mol. The van der Waals surface area contributed by atoms with E-state index in [9.17, 15) is 0 Å². The van der Waals surface area contributed by atoms with Gasteiger partial charge in [0.1, 0.15) is 0 Å². The van der Waals surface area contributed by atoms with E-state index in [2.05, 4.69) is 72.1 Å². The summed E-state index contributed by atoms with van der Waals surface area (Å²) in [6.07, 6.45) is 4.99. The zero-order chi connectivity index (χ0) is 20.6. The molecule has 0 radical (unpaired) electrons. The first kappa shape index (κ1) is 20.7. The Labute approximate surface area is 180 Å². The topological polar surface area (TPSA) is 45.4 Å². The molecule has 2 aromatic rings. The maximum atomic E-state index is 5.87. The Morgan fingerprint density at radius 3 is 2.34 bits per heavy atom. The lowest BCUT2D eigenvalue weighted by Gasteiger charge is -2.42. The summed E-state index contributed by atoms with van der Waals surface area (Å²) in [7, 11) is 0. The second-order valence-corrected chi connectivity index (χ2v) is 10.7. The zero-order valence-corrected chi connectivity index (χ0v) is 19.2. The molecule has 4 nitrogen and oxygen atoms in total. The third kappa shape index (κ3) is 4.46. The Morgan fingerprint density at radius 1 is 1.07 bits per heavy atom. The number of thiazole rings is 1. The van der Waals surface area contributed by atoms with Gasteiger partial charge in [0.15, 0.2) is 5.13 Å². The summed E-state index contributed by atoms with van der Waals surface area (Å²) in [5.74, 6) is 1.41. The van der Waals surface area contributed by atoms with E-state index in [0.29, 0.717) is 22.6 Å². The molecule has 29 heavy (non-hydrogen) atoms. The molecule has 0 saturated carbocycles. The van der Waals surface area contributed by atoms with Crippen molar-refractivity contribution in [3.63, 3.8) is 0 Å². The lowest BCUT2D eigenvalue weighted by Crippen LogP contribution is -2.46. The molecule has 0 amide bonds. The van der Waals surface area contributed by atoms with Crippen LogP contribution in [0, 0.1) is 5.92 Å². The van der Waals surface area contributed by atoms with Crippen LogP contribution in [0.5, 0.6) is 0 Å². The Balaban J connectivity index is 1.41. The molecule has 4 rings (SSSR count). The van der Waals surface area contributed by atoms with Gasteiger partial charge in [0.05, 0.1) is 11.7 Å². The molecule has 2 atom stereocenters. The van der Waals surface area contributed by atoms with Gasteiger partial charge >= 0.3 is 0 Å². The van der Waals surface area contributed by atoms with Gasteiger partial charge in [-0.15, -0.1) is 11.3 Å². The molecule has 2 saturated heterocycles. The van der Waals surface area contributed by atoms with E-state index in [1.807, 2.05) is 0 Å². The fraction of sp³-hybridized carbons (Fsp3) is 0.625. The molecule has 0 spiro atoms. The van der Waals surface area contributed by atoms with Crippen LogP contribution in [0.4, 0.5) is 10.8 Å². The number of hydrogen-bond acceptors (Lipinski definition) is 5. The highest BCUT2D eigenvalue weighted by Crippen LogP contribution is 2.39. The van der Waals surface area contributed by atoms with Crippen molar-refractivity contribution in [1.82, 2.24) is 9.88 Å². The maximum Gasteiger partial charge on any atom is 0.180 e. The van der Waals surface area contributed by atoms with E-state index in [0.717, 1.165) is 24.6 Å². The number of aromatic nitrogens is 1. The fourth-order valence-electron chi connectivity index (χ4n) is 5.15. The molecule has 0 bridgehead atoms. The van der Waals surface area contributed by atoms with Crippen molar-refractivity contribution < 1.29 is 0 Å². The molecule has 1 aromatic carbocycles. The van der Waals surface area contributed by atoms with Gasteiger partial charge in [-0.2, -0.15) is 0 Å². The highest BCUT2D eigenvalue weighted by atomic mass is 32.1. The van der Waals surface area contributed by atoms with Gasteiger partial charge in [0.25, 0.3) is 0 Å². The van der Waals surface area contributed by atoms with E-state index in [1.54, 1.807) is 11.3 Å². The van der Waals surface area contributed by atoms with Gasteiger partial charge in [-0.3, -0.25) is 4.90 Å². The fourth-order valence-corrected chi connectivity index (χ4v) is 5.76. The number of likely N-dealkylation sites (tertiary alicyclic amines) is 1. The average molecular weight is 413 g/mol.